The first-order valence-corrected chi connectivity index (χ1v) is 6.09. The summed E-state index contributed by atoms with van der Waals surface area (Å²) in [6.07, 6.45) is 0. The van der Waals surface area contributed by atoms with Gasteiger partial charge in [-0.3, -0.25) is 0 Å². The first-order chi connectivity index (χ1) is 6.42. The third-order valence-corrected chi connectivity index (χ3v) is 4.17. The Labute approximate surface area is 83.7 Å². The summed E-state index contributed by atoms with van der Waals surface area (Å²) in [5.41, 5.74) is 0.625. The molecule has 1 aromatic carbocycles. The van der Waals surface area contributed by atoms with E-state index in [0.717, 1.165) is 0 Å². The molecule has 0 saturated heterocycles. The SMILES string of the molecule is CC(C)S(=O)(=O)Cc1ccc(F)cc1. The van der Waals surface area contributed by atoms with Crippen LogP contribution in [0.3, 0.4) is 0 Å². The highest BCUT2D eigenvalue weighted by Crippen LogP contribution is 2.11. The average molecular weight is 216 g/mol. The van der Waals surface area contributed by atoms with Crippen molar-refractivity contribution in [3.63, 3.8) is 0 Å². The van der Waals surface area contributed by atoms with Crippen LogP contribution in [-0.4, -0.2) is 13.7 Å². The molecule has 78 valence electrons. The summed E-state index contributed by atoms with van der Waals surface area (Å²) in [4.78, 5) is 0. The Hall–Kier alpha value is -0.900. The normalized spacial score (nSPS) is 12.0. The second-order valence-electron chi connectivity index (χ2n) is 3.48. The Balaban J connectivity index is 2.85. The van der Waals surface area contributed by atoms with Crippen molar-refractivity contribution in [2.75, 3.05) is 0 Å². The summed E-state index contributed by atoms with van der Waals surface area (Å²) in [6.45, 7) is 3.28. The zero-order valence-corrected chi connectivity index (χ0v) is 9.01. The molecule has 2 nitrogen and oxygen atoms in total. The quantitative estimate of drug-likeness (QED) is 0.775. The van der Waals surface area contributed by atoms with E-state index in [9.17, 15) is 12.8 Å². The van der Waals surface area contributed by atoms with Gasteiger partial charge in [-0.15, -0.1) is 0 Å². The molecule has 0 unspecified atom stereocenters. The summed E-state index contributed by atoms with van der Waals surface area (Å²) in [5, 5.41) is -0.396. The number of sulfone groups is 1. The molecule has 1 aromatic rings. The molecule has 0 atom stereocenters. The minimum absolute atomic E-state index is 0.0229. The van der Waals surface area contributed by atoms with E-state index in [1.54, 1.807) is 13.8 Å². The van der Waals surface area contributed by atoms with Crippen LogP contribution in [0.1, 0.15) is 19.4 Å². The number of hydrogen-bond donors (Lipinski definition) is 0. The molecule has 0 aliphatic rings. The third kappa shape index (κ3) is 2.80. The standard InChI is InChI=1S/C10H13FO2S/c1-8(2)14(12,13)7-9-3-5-10(11)6-4-9/h3-6,8H,7H2,1-2H3. The van der Waals surface area contributed by atoms with Gasteiger partial charge in [0.15, 0.2) is 9.84 Å². The minimum atomic E-state index is -3.09. The lowest BCUT2D eigenvalue weighted by Crippen LogP contribution is -2.15. The molecule has 0 radical (unpaired) electrons. The molecule has 0 heterocycles. The summed E-state index contributed by atoms with van der Waals surface area (Å²) < 4.78 is 35.5. The molecule has 0 bridgehead atoms. The average Bonchev–Trinajstić information content (AvgIpc) is 2.08. The fourth-order valence-corrected chi connectivity index (χ4v) is 1.97. The highest BCUT2D eigenvalue weighted by Gasteiger charge is 2.16. The van der Waals surface area contributed by atoms with E-state index in [4.69, 9.17) is 0 Å². The van der Waals surface area contributed by atoms with Gasteiger partial charge in [-0.25, -0.2) is 12.8 Å². The zero-order chi connectivity index (χ0) is 10.8. The van der Waals surface area contributed by atoms with Crippen LogP contribution in [0.15, 0.2) is 24.3 Å². The summed E-state index contributed by atoms with van der Waals surface area (Å²) in [5.74, 6) is -0.374. The molecule has 0 N–H and O–H groups in total. The van der Waals surface area contributed by atoms with Crippen LogP contribution in [0.25, 0.3) is 0 Å². The number of rotatable bonds is 3. The van der Waals surface area contributed by atoms with E-state index in [1.807, 2.05) is 0 Å². The Morgan fingerprint density at radius 1 is 1.21 bits per heavy atom. The smallest absolute Gasteiger partial charge is 0.156 e. The van der Waals surface area contributed by atoms with Gasteiger partial charge in [0.2, 0.25) is 0 Å². The molecule has 0 aliphatic carbocycles. The van der Waals surface area contributed by atoms with Crippen LogP contribution in [0.4, 0.5) is 4.39 Å². The lowest BCUT2D eigenvalue weighted by molar-refractivity contribution is 0.586. The number of hydrogen-bond acceptors (Lipinski definition) is 2. The second-order valence-corrected chi connectivity index (χ2v) is 6.04. The van der Waals surface area contributed by atoms with E-state index < -0.39 is 15.1 Å². The van der Waals surface area contributed by atoms with Crippen molar-refractivity contribution in [2.24, 2.45) is 0 Å². The number of benzene rings is 1. The van der Waals surface area contributed by atoms with Gasteiger partial charge in [0, 0.05) is 0 Å². The molecular formula is C10H13FO2S. The highest BCUT2D eigenvalue weighted by molar-refractivity contribution is 7.91. The van der Waals surface area contributed by atoms with Crippen molar-refractivity contribution in [1.82, 2.24) is 0 Å². The summed E-state index contributed by atoms with van der Waals surface area (Å²) in [7, 11) is -3.09. The maximum Gasteiger partial charge on any atom is 0.156 e. The molecule has 0 amide bonds. The zero-order valence-electron chi connectivity index (χ0n) is 8.20. The molecule has 0 aromatic heterocycles. The van der Waals surface area contributed by atoms with Gasteiger partial charge in [-0.2, -0.15) is 0 Å². The van der Waals surface area contributed by atoms with Gasteiger partial charge in [-0.05, 0) is 31.5 Å². The number of halogens is 1. The Kier molecular flexibility index (Phi) is 3.26. The van der Waals surface area contributed by atoms with Crippen molar-refractivity contribution in [3.8, 4) is 0 Å². The van der Waals surface area contributed by atoms with Gasteiger partial charge in [0.25, 0.3) is 0 Å². The molecule has 14 heavy (non-hydrogen) atoms. The van der Waals surface area contributed by atoms with Gasteiger partial charge in [-0.1, -0.05) is 12.1 Å². The van der Waals surface area contributed by atoms with Crippen molar-refractivity contribution in [1.29, 1.82) is 0 Å². The fourth-order valence-electron chi connectivity index (χ4n) is 0.980. The van der Waals surface area contributed by atoms with Crippen LogP contribution in [0, 0.1) is 5.82 Å². The van der Waals surface area contributed by atoms with Crippen molar-refractivity contribution >= 4 is 9.84 Å². The van der Waals surface area contributed by atoms with Crippen LogP contribution >= 0.6 is 0 Å². The van der Waals surface area contributed by atoms with E-state index in [1.165, 1.54) is 24.3 Å². The minimum Gasteiger partial charge on any atom is -0.228 e. The van der Waals surface area contributed by atoms with Crippen LogP contribution in [0.2, 0.25) is 0 Å². The monoisotopic (exact) mass is 216 g/mol. The van der Waals surface area contributed by atoms with Crippen LogP contribution in [-0.2, 0) is 15.6 Å². The molecule has 0 saturated carbocycles. The van der Waals surface area contributed by atoms with Gasteiger partial charge >= 0.3 is 0 Å². The van der Waals surface area contributed by atoms with Gasteiger partial charge in [0.05, 0.1) is 11.0 Å². The lowest BCUT2D eigenvalue weighted by Gasteiger charge is -2.07. The maximum atomic E-state index is 12.5. The van der Waals surface area contributed by atoms with Crippen LogP contribution < -0.4 is 0 Å². The van der Waals surface area contributed by atoms with Crippen molar-refractivity contribution in [3.05, 3.63) is 35.6 Å². The summed E-state index contributed by atoms with van der Waals surface area (Å²) >= 11 is 0. The Bertz CT molecular complexity index is 393. The fraction of sp³-hybridized carbons (Fsp3) is 0.400. The van der Waals surface area contributed by atoms with E-state index in [-0.39, 0.29) is 11.6 Å². The predicted molar refractivity (Wildman–Crippen MR) is 54.2 cm³/mol. The predicted octanol–water partition coefficient (Wildman–Crippen LogP) is 2.15. The van der Waals surface area contributed by atoms with Crippen LogP contribution in [0.5, 0.6) is 0 Å². The molecule has 0 fully saturated rings. The topological polar surface area (TPSA) is 34.1 Å². The van der Waals surface area contributed by atoms with E-state index in [2.05, 4.69) is 0 Å². The van der Waals surface area contributed by atoms with Crippen molar-refractivity contribution < 1.29 is 12.8 Å². The highest BCUT2D eigenvalue weighted by atomic mass is 32.2. The summed E-state index contributed by atoms with van der Waals surface area (Å²) in [6, 6.07) is 5.53. The second kappa shape index (κ2) is 4.09. The Morgan fingerprint density at radius 2 is 1.71 bits per heavy atom. The molecule has 0 spiro atoms. The Morgan fingerprint density at radius 3 is 2.14 bits per heavy atom. The molecule has 1 rings (SSSR count). The molecule has 4 heteroatoms. The lowest BCUT2D eigenvalue weighted by atomic mass is 10.2. The first-order valence-electron chi connectivity index (χ1n) is 4.38. The third-order valence-electron chi connectivity index (χ3n) is 2.00. The molecular weight excluding hydrogens is 203 g/mol. The van der Waals surface area contributed by atoms with Gasteiger partial charge in [0.1, 0.15) is 5.82 Å². The van der Waals surface area contributed by atoms with E-state index >= 15 is 0 Å². The van der Waals surface area contributed by atoms with E-state index in [0.29, 0.717) is 5.56 Å². The maximum absolute atomic E-state index is 12.5. The van der Waals surface area contributed by atoms with Gasteiger partial charge < -0.3 is 0 Å². The first kappa shape index (κ1) is 11.2. The van der Waals surface area contributed by atoms with Crippen molar-refractivity contribution in [2.45, 2.75) is 24.9 Å². The largest absolute Gasteiger partial charge is 0.228 e. The molecule has 0 aliphatic heterocycles.